The minimum atomic E-state index is -0.384. The molecule has 2 aromatic rings. The number of allylic oxidation sites excluding steroid dienone is 1. The normalized spacial score (nSPS) is 13.8. The van der Waals surface area contributed by atoms with Crippen molar-refractivity contribution < 1.29 is 14.4 Å². The highest BCUT2D eigenvalue weighted by atomic mass is 16.7. The summed E-state index contributed by atoms with van der Waals surface area (Å²) < 4.78 is 0. The zero-order valence-electron chi connectivity index (χ0n) is 12.6. The molecule has 23 heavy (non-hydrogen) atoms. The molecule has 4 nitrogen and oxygen atoms in total. The van der Waals surface area contributed by atoms with E-state index in [-0.39, 0.29) is 11.8 Å². The van der Waals surface area contributed by atoms with Crippen molar-refractivity contribution in [3.63, 3.8) is 0 Å². The fourth-order valence-corrected chi connectivity index (χ4v) is 2.42. The molecule has 0 fully saturated rings. The van der Waals surface area contributed by atoms with Gasteiger partial charge in [0.25, 0.3) is 11.8 Å². The third-order valence-corrected chi connectivity index (χ3v) is 3.60. The number of hydroxylamine groups is 2. The molecule has 2 amide bonds. The van der Waals surface area contributed by atoms with E-state index in [9.17, 15) is 9.59 Å². The summed E-state index contributed by atoms with van der Waals surface area (Å²) in [6, 6.07) is 16.8. The van der Waals surface area contributed by atoms with Gasteiger partial charge in [-0.15, -0.1) is 5.06 Å². The minimum Gasteiger partial charge on any atom is -0.266 e. The second-order valence-corrected chi connectivity index (χ2v) is 5.24. The molecule has 1 heterocycles. The van der Waals surface area contributed by atoms with E-state index in [0.717, 1.165) is 23.5 Å². The molecule has 4 heteroatoms. The molecular formula is C19H17NO3. The van der Waals surface area contributed by atoms with Crippen molar-refractivity contribution in [2.24, 2.45) is 0 Å². The largest absolute Gasteiger partial charge is 0.285 e. The van der Waals surface area contributed by atoms with Gasteiger partial charge in [-0.3, -0.25) is 14.4 Å². The number of unbranched alkanes of at least 4 members (excludes halogenated alkanes) is 1. The number of carbonyl (C=O) groups is 2. The number of hydrogen-bond acceptors (Lipinski definition) is 3. The molecule has 0 spiro atoms. The van der Waals surface area contributed by atoms with Crippen molar-refractivity contribution >= 4 is 17.9 Å². The third kappa shape index (κ3) is 3.38. The Hall–Kier alpha value is -2.72. The van der Waals surface area contributed by atoms with Crippen LogP contribution in [0.3, 0.4) is 0 Å². The first-order valence-electron chi connectivity index (χ1n) is 7.60. The van der Waals surface area contributed by atoms with Crippen LogP contribution in [-0.4, -0.2) is 23.5 Å². The van der Waals surface area contributed by atoms with Gasteiger partial charge in [-0.2, -0.15) is 0 Å². The predicted molar refractivity (Wildman–Crippen MR) is 87.6 cm³/mol. The summed E-state index contributed by atoms with van der Waals surface area (Å²) in [5, 5.41) is 0.867. The lowest BCUT2D eigenvalue weighted by atomic mass is 10.1. The summed E-state index contributed by atoms with van der Waals surface area (Å²) in [7, 11) is 0. The molecule has 0 radical (unpaired) electrons. The van der Waals surface area contributed by atoms with E-state index in [1.54, 1.807) is 24.3 Å². The quantitative estimate of drug-likeness (QED) is 0.604. The van der Waals surface area contributed by atoms with E-state index >= 15 is 0 Å². The van der Waals surface area contributed by atoms with Gasteiger partial charge in [0.1, 0.15) is 0 Å². The number of hydrogen-bond donors (Lipinski definition) is 0. The Labute approximate surface area is 134 Å². The molecule has 116 valence electrons. The van der Waals surface area contributed by atoms with Gasteiger partial charge in [-0.1, -0.05) is 54.6 Å². The number of nitrogens with zero attached hydrogens (tertiary/aromatic N) is 1. The summed E-state index contributed by atoms with van der Waals surface area (Å²) in [6.45, 7) is 0.324. The van der Waals surface area contributed by atoms with Gasteiger partial charge >= 0.3 is 0 Å². The predicted octanol–water partition coefficient (Wildman–Crippen LogP) is 3.71. The van der Waals surface area contributed by atoms with E-state index in [4.69, 9.17) is 4.84 Å². The average molecular weight is 307 g/mol. The Bertz CT molecular complexity index is 702. The Morgan fingerprint density at radius 3 is 2.13 bits per heavy atom. The Morgan fingerprint density at radius 2 is 1.48 bits per heavy atom. The lowest BCUT2D eigenvalue weighted by Crippen LogP contribution is -2.30. The molecule has 0 atom stereocenters. The lowest BCUT2D eigenvalue weighted by Gasteiger charge is -2.12. The first-order chi connectivity index (χ1) is 11.3. The molecular weight excluding hydrogens is 290 g/mol. The highest BCUT2D eigenvalue weighted by molar-refractivity contribution is 6.20. The number of carbonyl (C=O) groups excluding carboxylic acids is 2. The monoisotopic (exact) mass is 307 g/mol. The summed E-state index contributed by atoms with van der Waals surface area (Å²) in [5.74, 6) is -0.768. The standard InChI is InChI=1S/C19H17NO3/c21-18-16-12-6-7-13-17(16)19(22)20(18)23-14-8-2-5-11-15-9-3-1-4-10-15/h1,3-7,9-13H,2,8,14H2/b11-5+. The Kier molecular flexibility index (Phi) is 4.64. The molecule has 1 aliphatic heterocycles. The highest BCUT2D eigenvalue weighted by Gasteiger charge is 2.36. The van der Waals surface area contributed by atoms with Gasteiger partial charge in [-0.25, -0.2) is 0 Å². The number of fused-ring (bicyclic) bond motifs is 1. The SMILES string of the molecule is O=C1c2ccccc2C(=O)N1OCCC/C=C/c1ccccc1. The number of amides is 2. The number of rotatable bonds is 6. The molecule has 0 aliphatic carbocycles. The smallest absolute Gasteiger partial charge is 0.266 e. The zero-order valence-corrected chi connectivity index (χ0v) is 12.6. The Morgan fingerprint density at radius 1 is 0.870 bits per heavy atom. The van der Waals surface area contributed by atoms with Crippen LogP contribution in [0.5, 0.6) is 0 Å². The summed E-state index contributed by atoms with van der Waals surface area (Å²) in [6.07, 6.45) is 5.65. The minimum absolute atomic E-state index is 0.324. The van der Waals surface area contributed by atoms with Gasteiger partial charge in [0, 0.05) is 0 Å². The number of benzene rings is 2. The molecule has 0 saturated heterocycles. The first-order valence-corrected chi connectivity index (χ1v) is 7.60. The maximum absolute atomic E-state index is 12.1. The zero-order chi connectivity index (χ0) is 16.1. The Balaban J connectivity index is 1.46. The van der Waals surface area contributed by atoms with Crippen LogP contribution in [0, 0.1) is 0 Å². The summed E-state index contributed by atoms with van der Waals surface area (Å²) in [4.78, 5) is 29.5. The fourth-order valence-electron chi connectivity index (χ4n) is 2.42. The van der Waals surface area contributed by atoms with Crippen LogP contribution in [0.25, 0.3) is 6.08 Å². The van der Waals surface area contributed by atoms with Crippen molar-refractivity contribution in [2.45, 2.75) is 12.8 Å². The van der Waals surface area contributed by atoms with Crippen molar-refractivity contribution in [1.29, 1.82) is 0 Å². The second-order valence-electron chi connectivity index (χ2n) is 5.24. The molecule has 0 N–H and O–H groups in total. The maximum Gasteiger partial charge on any atom is 0.285 e. The van der Waals surface area contributed by atoms with Crippen molar-refractivity contribution in [1.82, 2.24) is 5.06 Å². The molecule has 3 rings (SSSR count). The first kappa shape index (κ1) is 15.2. The third-order valence-electron chi connectivity index (χ3n) is 3.60. The molecule has 0 aromatic heterocycles. The van der Waals surface area contributed by atoms with E-state index in [1.165, 1.54) is 0 Å². The van der Waals surface area contributed by atoms with E-state index in [2.05, 4.69) is 6.08 Å². The van der Waals surface area contributed by atoms with Crippen molar-refractivity contribution in [2.75, 3.05) is 6.61 Å². The maximum atomic E-state index is 12.1. The van der Waals surface area contributed by atoms with E-state index in [0.29, 0.717) is 17.7 Å². The topological polar surface area (TPSA) is 46.6 Å². The van der Waals surface area contributed by atoms with E-state index in [1.807, 2.05) is 36.4 Å². The van der Waals surface area contributed by atoms with Crippen molar-refractivity contribution in [3.05, 3.63) is 77.4 Å². The summed E-state index contributed by atoms with van der Waals surface area (Å²) >= 11 is 0. The van der Waals surface area contributed by atoms with Gasteiger partial charge in [0.05, 0.1) is 17.7 Å². The second kappa shape index (κ2) is 7.03. The van der Waals surface area contributed by atoms with E-state index < -0.39 is 0 Å². The van der Waals surface area contributed by atoms with Crippen LogP contribution >= 0.6 is 0 Å². The van der Waals surface area contributed by atoms with Crippen LogP contribution in [0.4, 0.5) is 0 Å². The van der Waals surface area contributed by atoms with Crippen LogP contribution in [0.2, 0.25) is 0 Å². The molecule has 0 unspecified atom stereocenters. The van der Waals surface area contributed by atoms with Crippen LogP contribution in [0.15, 0.2) is 60.7 Å². The highest BCUT2D eigenvalue weighted by Crippen LogP contribution is 2.22. The van der Waals surface area contributed by atoms with Gasteiger partial charge in [-0.05, 0) is 30.5 Å². The molecule has 0 saturated carbocycles. The lowest BCUT2D eigenvalue weighted by molar-refractivity contribution is -0.0917. The van der Waals surface area contributed by atoms with Crippen LogP contribution in [-0.2, 0) is 4.84 Å². The molecule has 2 aromatic carbocycles. The van der Waals surface area contributed by atoms with Gasteiger partial charge < -0.3 is 0 Å². The van der Waals surface area contributed by atoms with Gasteiger partial charge in [0.2, 0.25) is 0 Å². The average Bonchev–Trinajstić information content (AvgIpc) is 2.84. The van der Waals surface area contributed by atoms with Crippen LogP contribution < -0.4 is 0 Å². The van der Waals surface area contributed by atoms with Gasteiger partial charge in [0.15, 0.2) is 0 Å². The number of imide groups is 1. The van der Waals surface area contributed by atoms with Crippen molar-refractivity contribution in [3.8, 4) is 0 Å². The molecule has 1 aliphatic rings. The van der Waals surface area contributed by atoms with Crippen LogP contribution in [0.1, 0.15) is 39.1 Å². The summed E-state index contributed by atoms with van der Waals surface area (Å²) in [5.41, 5.74) is 1.96. The fraction of sp³-hybridized carbons (Fsp3) is 0.158. The molecule has 0 bridgehead atoms.